The van der Waals surface area contributed by atoms with E-state index in [2.05, 4.69) is 30.4 Å². The van der Waals surface area contributed by atoms with Crippen molar-refractivity contribution < 1.29 is 19.4 Å². The number of nitrogens with zero attached hydrogens (tertiary/aromatic N) is 6. The number of carbonyl (C=O) groups excluding carboxylic acids is 2. The van der Waals surface area contributed by atoms with Crippen LogP contribution in [0, 0.1) is 0 Å². The number of amides is 1. The van der Waals surface area contributed by atoms with Crippen molar-refractivity contribution in [1.29, 1.82) is 0 Å². The van der Waals surface area contributed by atoms with Crippen LogP contribution in [0.25, 0.3) is 0 Å². The molecule has 0 aliphatic carbocycles. The van der Waals surface area contributed by atoms with Gasteiger partial charge in [0, 0.05) is 6.21 Å². The van der Waals surface area contributed by atoms with E-state index in [1.807, 2.05) is 6.92 Å². The van der Waals surface area contributed by atoms with Crippen LogP contribution in [0.1, 0.15) is 32.8 Å². The predicted octanol–water partition coefficient (Wildman–Crippen LogP) is 3.11. The van der Waals surface area contributed by atoms with Crippen molar-refractivity contribution in [2.45, 2.75) is 27.2 Å². The molecule has 148 valence electrons. The Labute approximate surface area is 166 Å². The SMILES string of the molecule is CCCOc1ccc(N=C/C(C(C)=O)=C(\C)O)cc1C1=NC(=O)C2=NN=NC2=N1. The Hall–Kier alpha value is -3.82. The fraction of sp³-hybridized carbons (Fsp3) is 0.263. The van der Waals surface area contributed by atoms with Gasteiger partial charge in [0.05, 0.1) is 23.4 Å². The van der Waals surface area contributed by atoms with Crippen molar-refractivity contribution in [2.24, 2.45) is 30.4 Å². The van der Waals surface area contributed by atoms with Crippen LogP contribution in [0.2, 0.25) is 0 Å². The van der Waals surface area contributed by atoms with Crippen molar-refractivity contribution in [3.8, 4) is 5.75 Å². The second kappa shape index (κ2) is 8.46. The average molecular weight is 394 g/mol. The Morgan fingerprint density at radius 1 is 1.24 bits per heavy atom. The molecule has 2 heterocycles. The number of ketones is 1. The zero-order valence-corrected chi connectivity index (χ0v) is 16.1. The normalized spacial score (nSPS) is 16.2. The maximum atomic E-state index is 12.2. The molecular formula is C19H18N6O4. The lowest BCUT2D eigenvalue weighted by Gasteiger charge is -2.13. The van der Waals surface area contributed by atoms with Crippen molar-refractivity contribution in [1.82, 2.24) is 0 Å². The van der Waals surface area contributed by atoms with E-state index in [1.54, 1.807) is 18.2 Å². The van der Waals surface area contributed by atoms with Gasteiger partial charge in [-0.15, -0.1) is 10.2 Å². The predicted molar refractivity (Wildman–Crippen MR) is 108 cm³/mol. The van der Waals surface area contributed by atoms with Crippen LogP contribution < -0.4 is 4.74 Å². The van der Waals surface area contributed by atoms with E-state index in [9.17, 15) is 14.7 Å². The van der Waals surface area contributed by atoms with Crippen LogP contribution in [-0.2, 0) is 9.59 Å². The third kappa shape index (κ3) is 4.37. The van der Waals surface area contributed by atoms with Crippen molar-refractivity contribution in [3.05, 3.63) is 35.1 Å². The molecule has 0 atom stereocenters. The number of amidine groups is 2. The van der Waals surface area contributed by atoms with Gasteiger partial charge >= 0.3 is 5.91 Å². The Balaban J connectivity index is 2.03. The summed E-state index contributed by atoms with van der Waals surface area (Å²) in [5, 5.41) is 20.4. The highest BCUT2D eigenvalue weighted by atomic mass is 16.5. The molecule has 2 aliphatic heterocycles. The highest BCUT2D eigenvalue weighted by Gasteiger charge is 2.29. The molecule has 0 spiro atoms. The number of hydrogen-bond acceptors (Lipinski definition) is 9. The quantitative estimate of drug-likeness (QED) is 0.431. The van der Waals surface area contributed by atoms with E-state index in [4.69, 9.17) is 4.74 Å². The molecule has 0 saturated heterocycles. The Kier molecular flexibility index (Phi) is 5.82. The van der Waals surface area contributed by atoms with Gasteiger partial charge in [-0.1, -0.05) is 6.92 Å². The number of allylic oxidation sites excluding steroid dienone is 2. The highest BCUT2D eigenvalue weighted by molar-refractivity contribution is 6.69. The molecule has 2 aliphatic rings. The summed E-state index contributed by atoms with van der Waals surface area (Å²) in [6.45, 7) is 5.17. The molecule has 1 N–H and O–H groups in total. The maximum Gasteiger partial charge on any atom is 0.303 e. The second-order valence-electron chi connectivity index (χ2n) is 6.16. The number of aliphatic hydroxyl groups excluding tert-OH is 1. The zero-order chi connectivity index (χ0) is 21.0. The van der Waals surface area contributed by atoms with Gasteiger partial charge in [-0.05, 0) is 43.7 Å². The molecular weight excluding hydrogens is 376 g/mol. The summed E-state index contributed by atoms with van der Waals surface area (Å²) in [5.41, 5.74) is 0.972. The molecule has 0 radical (unpaired) electrons. The van der Waals surface area contributed by atoms with Crippen molar-refractivity contribution in [3.63, 3.8) is 0 Å². The number of aliphatic imine (C=N–C) groups is 3. The molecule has 0 fully saturated rings. The minimum absolute atomic E-state index is 0.00592. The molecule has 29 heavy (non-hydrogen) atoms. The first-order chi connectivity index (χ1) is 13.9. The Morgan fingerprint density at radius 2 is 2.03 bits per heavy atom. The Bertz CT molecular complexity index is 1060. The molecule has 10 heteroatoms. The van der Waals surface area contributed by atoms with Crippen molar-refractivity contribution in [2.75, 3.05) is 6.61 Å². The van der Waals surface area contributed by atoms with Crippen LogP contribution in [0.5, 0.6) is 5.75 Å². The summed E-state index contributed by atoms with van der Waals surface area (Å²) in [5.74, 6) is -0.372. The van der Waals surface area contributed by atoms with E-state index in [-0.39, 0.29) is 34.5 Å². The third-order valence-electron chi connectivity index (χ3n) is 3.90. The molecule has 0 saturated carbocycles. The molecule has 10 nitrogen and oxygen atoms in total. The molecule has 0 aromatic heterocycles. The van der Waals surface area contributed by atoms with Crippen LogP contribution in [0.15, 0.2) is 59.9 Å². The molecule has 1 aromatic carbocycles. The minimum Gasteiger partial charge on any atom is -0.512 e. The summed E-state index contributed by atoms with van der Waals surface area (Å²) in [7, 11) is 0. The van der Waals surface area contributed by atoms with Crippen molar-refractivity contribution >= 4 is 41.0 Å². The summed E-state index contributed by atoms with van der Waals surface area (Å²) in [6, 6.07) is 4.97. The van der Waals surface area contributed by atoms with Crippen LogP contribution in [0.4, 0.5) is 5.69 Å². The van der Waals surface area contributed by atoms with Gasteiger partial charge in [-0.3, -0.25) is 14.6 Å². The van der Waals surface area contributed by atoms with E-state index in [0.717, 1.165) is 6.42 Å². The van der Waals surface area contributed by atoms with Crippen LogP contribution in [-0.4, -0.2) is 47.0 Å². The topological polar surface area (TPSA) is 138 Å². The fourth-order valence-electron chi connectivity index (χ4n) is 2.50. The van der Waals surface area contributed by atoms with Gasteiger partial charge in [0.2, 0.25) is 11.5 Å². The smallest absolute Gasteiger partial charge is 0.303 e. The fourth-order valence-corrected chi connectivity index (χ4v) is 2.50. The first kappa shape index (κ1) is 19.9. The lowest BCUT2D eigenvalue weighted by Crippen LogP contribution is -2.26. The first-order valence-corrected chi connectivity index (χ1v) is 8.83. The van der Waals surface area contributed by atoms with Gasteiger partial charge in [0.1, 0.15) is 11.5 Å². The average Bonchev–Trinajstić information content (AvgIpc) is 3.15. The lowest BCUT2D eigenvalue weighted by molar-refractivity contribution is -0.113. The van der Waals surface area contributed by atoms with Gasteiger partial charge < -0.3 is 9.84 Å². The highest BCUT2D eigenvalue weighted by Crippen LogP contribution is 2.27. The summed E-state index contributed by atoms with van der Waals surface area (Å²) in [4.78, 5) is 36.2. The number of benzene rings is 1. The molecule has 1 aromatic rings. The lowest BCUT2D eigenvalue weighted by atomic mass is 10.1. The number of rotatable bonds is 7. The largest absolute Gasteiger partial charge is 0.512 e. The Morgan fingerprint density at radius 3 is 2.72 bits per heavy atom. The number of aliphatic hydroxyl groups is 1. The van der Waals surface area contributed by atoms with E-state index >= 15 is 0 Å². The van der Waals surface area contributed by atoms with E-state index < -0.39 is 5.91 Å². The van der Waals surface area contributed by atoms with Gasteiger partial charge in [0.25, 0.3) is 0 Å². The molecule has 1 amide bonds. The zero-order valence-electron chi connectivity index (χ0n) is 16.1. The number of carbonyl (C=O) groups is 2. The number of Topliss-reactive ketones (excluding diaryl/α,β-unsaturated/α-hetero) is 1. The summed E-state index contributed by atoms with van der Waals surface area (Å²) < 4.78 is 5.74. The molecule has 3 rings (SSSR count). The minimum atomic E-state index is -0.594. The second-order valence-corrected chi connectivity index (χ2v) is 6.16. The molecule has 0 unspecified atom stereocenters. The standard InChI is InChI=1S/C19H18N6O4/c1-4-7-29-15-6-5-12(20-9-14(10(2)26)11(3)27)8-13(15)17-21-18-16(19(28)22-17)23-25-24-18/h5-6,8-9,26H,4,7H2,1-3H3/b14-10-,20-9?. The number of hydrogen-bond donors (Lipinski definition) is 1. The van der Waals surface area contributed by atoms with E-state index in [0.29, 0.717) is 23.6 Å². The third-order valence-corrected chi connectivity index (χ3v) is 3.90. The van der Waals surface area contributed by atoms with Crippen LogP contribution >= 0.6 is 0 Å². The van der Waals surface area contributed by atoms with Gasteiger partial charge in [-0.2, -0.15) is 4.99 Å². The molecule has 0 bridgehead atoms. The van der Waals surface area contributed by atoms with Gasteiger partial charge in [-0.25, -0.2) is 4.99 Å². The monoisotopic (exact) mass is 394 g/mol. The van der Waals surface area contributed by atoms with E-state index in [1.165, 1.54) is 20.1 Å². The summed E-state index contributed by atoms with van der Waals surface area (Å²) >= 11 is 0. The first-order valence-electron chi connectivity index (χ1n) is 8.83. The number of ether oxygens (including phenoxy) is 1. The summed E-state index contributed by atoms with van der Waals surface area (Å²) in [6.07, 6.45) is 2.06. The maximum absolute atomic E-state index is 12.2. The van der Waals surface area contributed by atoms with Gasteiger partial charge in [0.15, 0.2) is 11.6 Å². The number of fused-ring (bicyclic) bond motifs is 1. The van der Waals surface area contributed by atoms with Crippen LogP contribution in [0.3, 0.4) is 0 Å².